The van der Waals surface area contributed by atoms with Crippen LogP contribution in [0.1, 0.15) is 32.6 Å². The molecule has 2 N–H and O–H groups in total. The van der Waals surface area contributed by atoms with E-state index in [0.29, 0.717) is 50.6 Å². The molecule has 0 saturated carbocycles. The number of pyridine rings is 1. The maximum absolute atomic E-state index is 13.9. The number of H-pyrrole nitrogens is 1. The molecule has 9 nitrogen and oxygen atoms in total. The van der Waals surface area contributed by atoms with E-state index in [1.54, 1.807) is 20.2 Å². The van der Waals surface area contributed by atoms with Crippen LogP contribution in [-0.2, 0) is 9.59 Å². The summed E-state index contributed by atoms with van der Waals surface area (Å²) >= 11 is 0. The van der Waals surface area contributed by atoms with Gasteiger partial charge in [0.05, 0.1) is 24.6 Å². The number of rotatable bonds is 8. The highest BCUT2D eigenvalue weighted by Gasteiger charge is 2.44. The van der Waals surface area contributed by atoms with Crippen LogP contribution in [0.5, 0.6) is 5.88 Å². The van der Waals surface area contributed by atoms with Gasteiger partial charge < -0.3 is 15.0 Å². The molecule has 6 rings (SSSR count). The highest BCUT2D eigenvalue weighted by molar-refractivity contribution is 6.00. The molecule has 0 spiro atoms. The Bertz CT molecular complexity index is 1710. The van der Waals surface area contributed by atoms with Crippen LogP contribution < -0.4 is 10.1 Å². The fourth-order valence-electron chi connectivity index (χ4n) is 6.15. The summed E-state index contributed by atoms with van der Waals surface area (Å²) in [5, 5.41) is 11.6. The van der Waals surface area contributed by atoms with Crippen molar-refractivity contribution >= 4 is 28.4 Å². The number of carbonyl (C=O) groups excluding carboxylic acids is 2. The van der Waals surface area contributed by atoms with Crippen molar-refractivity contribution in [1.29, 1.82) is 0 Å². The van der Waals surface area contributed by atoms with Crippen molar-refractivity contribution in [2.45, 2.75) is 32.6 Å². The first-order valence-electron chi connectivity index (χ1n) is 14.7. The lowest BCUT2D eigenvalue weighted by atomic mass is 9.82. The van der Waals surface area contributed by atoms with Crippen LogP contribution in [0.4, 0.5) is 5.69 Å². The first-order chi connectivity index (χ1) is 21.0. The van der Waals surface area contributed by atoms with Crippen molar-refractivity contribution in [2.24, 2.45) is 5.41 Å². The van der Waals surface area contributed by atoms with E-state index in [9.17, 15) is 9.59 Å². The van der Waals surface area contributed by atoms with E-state index in [4.69, 9.17) is 4.74 Å². The largest absolute Gasteiger partial charge is 0.481 e. The molecule has 1 unspecified atom stereocenters. The Morgan fingerprint density at radius 1 is 1.19 bits per heavy atom. The molecular formula is C34H36N6O3. The van der Waals surface area contributed by atoms with Crippen molar-refractivity contribution in [2.75, 3.05) is 45.2 Å². The van der Waals surface area contributed by atoms with Crippen molar-refractivity contribution in [3.8, 4) is 29.0 Å². The van der Waals surface area contributed by atoms with Gasteiger partial charge in [0.15, 0.2) is 0 Å². The molecule has 1 aromatic carbocycles. The number of methoxy groups -OCH3 is 1. The van der Waals surface area contributed by atoms with Gasteiger partial charge in [0.25, 0.3) is 0 Å². The molecule has 2 aliphatic heterocycles. The van der Waals surface area contributed by atoms with Gasteiger partial charge in [0.1, 0.15) is 5.69 Å². The third kappa shape index (κ3) is 5.97. The van der Waals surface area contributed by atoms with Gasteiger partial charge in [-0.3, -0.25) is 19.6 Å². The standard InChI is InChI=1S/C34H36N6O3/c1-3-4-14-34(15-19-39(23-34)22-31(41)40-17-12-25(13-18-40)24-7-5-6-8-24)33(42)36-27-9-10-29-28(21-27)32(38-37-29)26-11-16-35-30(20-26)43-2/h5,7-12,16,20-21H,6,13-15,17-19,22-23H2,1-2H3,(H,36,42)(H,37,38). The Balaban J connectivity index is 1.14. The lowest BCUT2D eigenvalue weighted by Crippen LogP contribution is -2.44. The second kappa shape index (κ2) is 12.3. The fraction of sp³-hybridized carbons (Fsp3) is 0.353. The van der Waals surface area contributed by atoms with Gasteiger partial charge in [-0.05, 0) is 68.1 Å². The maximum Gasteiger partial charge on any atom is 0.237 e. The first-order valence-corrected chi connectivity index (χ1v) is 14.7. The van der Waals surface area contributed by atoms with Gasteiger partial charge >= 0.3 is 0 Å². The van der Waals surface area contributed by atoms with Crippen LogP contribution in [0, 0.1) is 17.3 Å². The average Bonchev–Trinajstić information content (AvgIpc) is 3.81. The van der Waals surface area contributed by atoms with Gasteiger partial charge in [-0.25, -0.2) is 4.98 Å². The number of amides is 2. The van der Waals surface area contributed by atoms with Gasteiger partial charge in [0, 0.05) is 55.0 Å². The number of hydrogen-bond donors (Lipinski definition) is 2. The Hall–Kier alpha value is -4.68. The van der Waals surface area contributed by atoms with Crippen LogP contribution in [0.3, 0.4) is 0 Å². The minimum absolute atomic E-state index is 0.0800. The summed E-state index contributed by atoms with van der Waals surface area (Å²) in [6, 6.07) is 9.43. The molecule has 1 atom stereocenters. The normalized spacial score (nSPS) is 20.0. The molecule has 1 aliphatic carbocycles. The van der Waals surface area contributed by atoms with E-state index < -0.39 is 5.41 Å². The molecule has 3 aliphatic rings. The van der Waals surface area contributed by atoms with Crippen molar-refractivity contribution in [3.05, 3.63) is 72.0 Å². The summed E-state index contributed by atoms with van der Waals surface area (Å²) in [4.78, 5) is 35.3. The molecule has 1 saturated heterocycles. The van der Waals surface area contributed by atoms with E-state index in [0.717, 1.165) is 41.5 Å². The number of aromatic amines is 1. The van der Waals surface area contributed by atoms with Crippen molar-refractivity contribution < 1.29 is 14.3 Å². The molecule has 3 aromatic rings. The molecular weight excluding hydrogens is 540 g/mol. The summed E-state index contributed by atoms with van der Waals surface area (Å²) < 4.78 is 5.28. The van der Waals surface area contributed by atoms with Crippen LogP contribution in [0.15, 0.2) is 72.0 Å². The quantitative estimate of drug-likeness (QED) is 0.376. The number of nitrogens with zero attached hydrogens (tertiary/aromatic N) is 4. The highest BCUT2D eigenvalue weighted by atomic mass is 16.5. The zero-order chi connectivity index (χ0) is 29.8. The van der Waals surface area contributed by atoms with Gasteiger partial charge in [0.2, 0.25) is 17.7 Å². The number of allylic oxidation sites excluding steroid dienone is 4. The maximum atomic E-state index is 13.9. The Kier molecular flexibility index (Phi) is 8.12. The van der Waals surface area contributed by atoms with E-state index >= 15 is 0 Å². The number of benzene rings is 1. The summed E-state index contributed by atoms with van der Waals surface area (Å²) in [6.45, 7) is 4.61. The number of fused-ring (bicyclic) bond motifs is 1. The number of aromatic nitrogens is 3. The van der Waals surface area contributed by atoms with E-state index in [1.165, 1.54) is 11.1 Å². The second-order valence-electron chi connectivity index (χ2n) is 11.3. The predicted octanol–water partition coefficient (Wildman–Crippen LogP) is 4.72. The molecule has 9 heteroatoms. The van der Waals surface area contributed by atoms with Gasteiger partial charge in [-0.2, -0.15) is 5.10 Å². The monoisotopic (exact) mass is 576 g/mol. The smallest absolute Gasteiger partial charge is 0.237 e. The van der Waals surface area contributed by atoms with Crippen LogP contribution >= 0.6 is 0 Å². The molecule has 1 fully saturated rings. The zero-order valence-electron chi connectivity index (χ0n) is 24.7. The molecule has 2 amide bonds. The van der Waals surface area contributed by atoms with Gasteiger partial charge in [-0.15, -0.1) is 11.8 Å². The van der Waals surface area contributed by atoms with Crippen LogP contribution in [-0.4, -0.2) is 76.6 Å². The van der Waals surface area contributed by atoms with Crippen LogP contribution in [0.2, 0.25) is 0 Å². The summed E-state index contributed by atoms with van der Waals surface area (Å²) in [5.41, 5.74) is 5.07. The highest BCUT2D eigenvalue weighted by Crippen LogP contribution is 2.36. The third-order valence-electron chi connectivity index (χ3n) is 8.62. The number of likely N-dealkylation sites (tertiary alicyclic amines) is 1. The molecule has 0 radical (unpaired) electrons. The number of carbonyl (C=O) groups is 2. The minimum Gasteiger partial charge on any atom is -0.481 e. The Morgan fingerprint density at radius 3 is 2.86 bits per heavy atom. The van der Waals surface area contributed by atoms with E-state index in [2.05, 4.69) is 61.5 Å². The topological polar surface area (TPSA) is 103 Å². The summed E-state index contributed by atoms with van der Waals surface area (Å²) in [7, 11) is 1.58. The number of nitrogens with one attached hydrogen (secondary N) is 2. The van der Waals surface area contributed by atoms with Crippen molar-refractivity contribution in [1.82, 2.24) is 25.0 Å². The van der Waals surface area contributed by atoms with Crippen LogP contribution in [0.25, 0.3) is 22.2 Å². The zero-order valence-corrected chi connectivity index (χ0v) is 24.7. The predicted molar refractivity (Wildman–Crippen MR) is 167 cm³/mol. The molecule has 2 aromatic heterocycles. The van der Waals surface area contributed by atoms with Crippen molar-refractivity contribution in [3.63, 3.8) is 0 Å². The fourth-order valence-corrected chi connectivity index (χ4v) is 6.15. The molecule has 220 valence electrons. The summed E-state index contributed by atoms with van der Waals surface area (Å²) in [6.07, 6.45) is 13.4. The first kappa shape index (κ1) is 28.4. The second-order valence-corrected chi connectivity index (χ2v) is 11.3. The lowest BCUT2D eigenvalue weighted by molar-refractivity contribution is -0.132. The molecule has 4 heterocycles. The number of ether oxygens (including phenoxy) is 1. The molecule has 0 bridgehead atoms. The summed E-state index contributed by atoms with van der Waals surface area (Å²) in [5.74, 6) is 6.64. The Morgan fingerprint density at radius 2 is 2.09 bits per heavy atom. The van der Waals surface area contributed by atoms with Gasteiger partial charge in [-0.1, -0.05) is 24.3 Å². The number of hydrogen-bond acceptors (Lipinski definition) is 6. The molecule has 43 heavy (non-hydrogen) atoms. The minimum atomic E-state index is -0.702. The third-order valence-corrected chi connectivity index (χ3v) is 8.62. The Labute approximate surface area is 251 Å². The van der Waals surface area contributed by atoms with E-state index in [-0.39, 0.29) is 11.8 Å². The number of anilines is 1. The SMILES string of the molecule is CC#CCC1(C(=O)Nc2ccc3[nH]nc(-c4ccnc(OC)c4)c3c2)CCN(CC(=O)N2CC=C(C3=CCC=C3)CC2)C1. The average molecular weight is 577 g/mol. The lowest BCUT2D eigenvalue weighted by Gasteiger charge is -2.30. The van der Waals surface area contributed by atoms with E-state index in [1.807, 2.05) is 35.2 Å².